The SMILES string of the molecule is Cc1cc(C(=O)O)cc(N2CCC3NC(=O)CCC3C2)n1. The minimum Gasteiger partial charge on any atom is -0.478 e. The topological polar surface area (TPSA) is 82.5 Å². The number of hydrogen-bond acceptors (Lipinski definition) is 4. The molecule has 2 aliphatic rings. The van der Waals surface area contributed by atoms with Crippen molar-refractivity contribution < 1.29 is 14.7 Å². The van der Waals surface area contributed by atoms with Crippen LogP contribution >= 0.6 is 0 Å². The summed E-state index contributed by atoms with van der Waals surface area (Å²) in [6, 6.07) is 3.47. The zero-order chi connectivity index (χ0) is 15.0. The number of nitrogens with zero attached hydrogens (tertiary/aromatic N) is 2. The average Bonchev–Trinajstić information content (AvgIpc) is 2.46. The molecule has 2 saturated heterocycles. The lowest BCUT2D eigenvalue weighted by atomic mass is 9.85. The van der Waals surface area contributed by atoms with Crippen molar-refractivity contribution >= 4 is 17.7 Å². The van der Waals surface area contributed by atoms with E-state index >= 15 is 0 Å². The number of fused-ring (bicyclic) bond motifs is 1. The fourth-order valence-electron chi connectivity index (χ4n) is 3.25. The lowest BCUT2D eigenvalue weighted by Crippen LogP contribution is -2.54. The number of rotatable bonds is 2. The fraction of sp³-hybridized carbons (Fsp3) is 0.533. The summed E-state index contributed by atoms with van der Waals surface area (Å²) < 4.78 is 0. The second-order valence-electron chi connectivity index (χ2n) is 5.87. The number of anilines is 1. The highest BCUT2D eigenvalue weighted by Gasteiger charge is 2.34. The van der Waals surface area contributed by atoms with Crippen LogP contribution in [0.5, 0.6) is 0 Å². The van der Waals surface area contributed by atoms with Gasteiger partial charge in [0.2, 0.25) is 5.91 Å². The van der Waals surface area contributed by atoms with E-state index < -0.39 is 5.97 Å². The summed E-state index contributed by atoms with van der Waals surface area (Å²) in [4.78, 5) is 29.2. The van der Waals surface area contributed by atoms with Gasteiger partial charge in [0, 0.05) is 31.2 Å². The van der Waals surface area contributed by atoms with Crippen molar-refractivity contribution in [2.75, 3.05) is 18.0 Å². The lowest BCUT2D eigenvalue weighted by molar-refractivity contribution is -0.124. The number of piperidine rings is 2. The number of hydrogen-bond donors (Lipinski definition) is 2. The van der Waals surface area contributed by atoms with Crippen molar-refractivity contribution in [3.63, 3.8) is 0 Å². The van der Waals surface area contributed by atoms with Gasteiger partial charge < -0.3 is 15.3 Å². The Kier molecular flexibility index (Phi) is 3.53. The van der Waals surface area contributed by atoms with Crippen molar-refractivity contribution in [2.45, 2.75) is 32.2 Å². The number of aromatic carboxylic acids is 1. The largest absolute Gasteiger partial charge is 0.478 e. The molecule has 0 saturated carbocycles. The van der Waals surface area contributed by atoms with Crippen molar-refractivity contribution in [2.24, 2.45) is 5.92 Å². The van der Waals surface area contributed by atoms with Gasteiger partial charge in [-0.05, 0) is 37.8 Å². The minimum atomic E-state index is -0.929. The van der Waals surface area contributed by atoms with Crippen molar-refractivity contribution in [1.29, 1.82) is 0 Å². The molecule has 1 amide bonds. The molecule has 0 aromatic carbocycles. The molecular formula is C15H19N3O3. The van der Waals surface area contributed by atoms with Crippen LogP contribution in [-0.2, 0) is 4.79 Å². The van der Waals surface area contributed by atoms with E-state index in [1.807, 2.05) is 6.92 Å². The Balaban J connectivity index is 1.79. The fourth-order valence-corrected chi connectivity index (χ4v) is 3.25. The number of nitrogens with one attached hydrogen (secondary N) is 1. The Morgan fingerprint density at radius 1 is 1.43 bits per heavy atom. The standard InChI is InChI=1S/C15H19N3O3/c1-9-6-11(15(20)21)7-13(16-9)18-5-4-12-10(8-18)2-3-14(19)17-12/h6-7,10,12H,2-5,8H2,1H3,(H,17,19)(H,20,21). The highest BCUT2D eigenvalue weighted by atomic mass is 16.4. The van der Waals surface area contributed by atoms with Gasteiger partial charge in [-0.2, -0.15) is 0 Å². The van der Waals surface area contributed by atoms with Gasteiger partial charge in [0.25, 0.3) is 0 Å². The van der Waals surface area contributed by atoms with Gasteiger partial charge in [0.15, 0.2) is 0 Å². The van der Waals surface area contributed by atoms with Gasteiger partial charge in [0.1, 0.15) is 5.82 Å². The molecule has 0 spiro atoms. The third-order valence-corrected chi connectivity index (χ3v) is 4.33. The van der Waals surface area contributed by atoms with Crippen LogP contribution in [0, 0.1) is 12.8 Å². The molecule has 0 aliphatic carbocycles. The summed E-state index contributed by atoms with van der Waals surface area (Å²) in [6.07, 6.45) is 2.36. The van der Waals surface area contributed by atoms with Crippen LogP contribution in [0.3, 0.4) is 0 Å². The molecule has 6 nitrogen and oxygen atoms in total. The van der Waals surface area contributed by atoms with Crippen LogP contribution in [-0.4, -0.2) is 41.1 Å². The van der Waals surface area contributed by atoms with Crippen LogP contribution in [0.25, 0.3) is 0 Å². The van der Waals surface area contributed by atoms with Gasteiger partial charge >= 0.3 is 5.97 Å². The molecule has 2 unspecified atom stereocenters. The molecule has 21 heavy (non-hydrogen) atoms. The van der Waals surface area contributed by atoms with E-state index in [0.717, 1.165) is 31.7 Å². The second kappa shape index (κ2) is 5.35. The van der Waals surface area contributed by atoms with Gasteiger partial charge in [0.05, 0.1) is 5.56 Å². The van der Waals surface area contributed by atoms with E-state index in [9.17, 15) is 9.59 Å². The maximum Gasteiger partial charge on any atom is 0.335 e. The van der Waals surface area contributed by atoms with Crippen molar-refractivity contribution in [1.82, 2.24) is 10.3 Å². The van der Waals surface area contributed by atoms with Crippen LogP contribution in [0.15, 0.2) is 12.1 Å². The number of carbonyl (C=O) groups is 2. The van der Waals surface area contributed by atoms with Gasteiger partial charge in [-0.1, -0.05) is 0 Å². The third kappa shape index (κ3) is 2.84. The molecule has 1 aromatic heterocycles. The minimum absolute atomic E-state index is 0.145. The van der Waals surface area contributed by atoms with E-state index in [1.165, 1.54) is 0 Å². The van der Waals surface area contributed by atoms with Gasteiger partial charge in [-0.25, -0.2) is 9.78 Å². The molecule has 3 heterocycles. The summed E-state index contributed by atoms with van der Waals surface area (Å²) in [7, 11) is 0. The molecule has 0 bridgehead atoms. The van der Waals surface area contributed by atoms with Crippen LogP contribution in [0.1, 0.15) is 35.3 Å². The Morgan fingerprint density at radius 3 is 3.00 bits per heavy atom. The molecule has 2 fully saturated rings. The summed E-state index contributed by atoms with van der Waals surface area (Å²) in [5, 5.41) is 12.2. The molecule has 2 atom stereocenters. The second-order valence-corrected chi connectivity index (χ2v) is 5.87. The summed E-state index contributed by atoms with van der Waals surface area (Å²) >= 11 is 0. The first-order chi connectivity index (χ1) is 10.0. The molecule has 2 aliphatic heterocycles. The average molecular weight is 289 g/mol. The summed E-state index contributed by atoms with van der Waals surface area (Å²) in [5.41, 5.74) is 0.987. The van der Waals surface area contributed by atoms with E-state index in [-0.39, 0.29) is 17.5 Å². The molecule has 3 rings (SSSR count). The Morgan fingerprint density at radius 2 is 2.24 bits per heavy atom. The van der Waals surface area contributed by atoms with Crippen molar-refractivity contribution in [3.8, 4) is 0 Å². The zero-order valence-electron chi connectivity index (χ0n) is 12.0. The Bertz CT molecular complexity index is 588. The highest BCUT2D eigenvalue weighted by molar-refractivity contribution is 5.88. The first-order valence-electron chi connectivity index (χ1n) is 7.29. The Labute approximate surface area is 123 Å². The normalized spacial score (nSPS) is 25.2. The van der Waals surface area contributed by atoms with Crippen LogP contribution < -0.4 is 10.2 Å². The predicted octanol–water partition coefficient (Wildman–Crippen LogP) is 1.19. The number of carboxylic acid groups (broad SMARTS) is 1. The maximum atomic E-state index is 11.4. The first kappa shape index (κ1) is 13.9. The molecule has 0 radical (unpaired) electrons. The molecule has 112 valence electrons. The monoisotopic (exact) mass is 289 g/mol. The number of aryl methyl sites for hydroxylation is 1. The summed E-state index contributed by atoms with van der Waals surface area (Å²) in [5.74, 6) is 0.364. The van der Waals surface area contributed by atoms with E-state index in [2.05, 4.69) is 15.2 Å². The number of carboxylic acids is 1. The van der Waals surface area contributed by atoms with E-state index in [1.54, 1.807) is 12.1 Å². The highest BCUT2D eigenvalue weighted by Crippen LogP contribution is 2.28. The lowest BCUT2D eigenvalue weighted by Gasteiger charge is -2.42. The molecule has 1 aromatic rings. The zero-order valence-corrected chi connectivity index (χ0v) is 12.0. The number of amides is 1. The van der Waals surface area contributed by atoms with Crippen LogP contribution in [0.2, 0.25) is 0 Å². The summed E-state index contributed by atoms with van der Waals surface area (Å²) in [6.45, 7) is 3.42. The van der Waals surface area contributed by atoms with Crippen molar-refractivity contribution in [3.05, 3.63) is 23.4 Å². The maximum absolute atomic E-state index is 11.4. The van der Waals surface area contributed by atoms with E-state index in [0.29, 0.717) is 18.0 Å². The Hall–Kier alpha value is -2.11. The number of aromatic nitrogens is 1. The molecular weight excluding hydrogens is 270 g/mol. The third-order valence-electron chi connectivity index (χ3n) is 4.33. The quantitative estimate of drug-likeness (QED) is 0.854. The molecule has 6 heteroatoms. The number of carbonyl (C=O) groups excluding carboxylic acids is 1. The van der Waals surface area contributed by atoms with Gasteiger partial charge in [-0.3, -0.25) is 4.79 Å². The predicted molar refractivity (Wildman–Crippen MR) is 77.4 cm³/mol. The van der Waals surface area contributed by atoms with Gasteiger partial charge in [-0.15, -0.1) is 0 Å². The van der Waals surface area contributed by atoms with E-state index in [4.69, 9.17) is 5.11 Å². The first-order valence-corrected chi connectivity index (χ1v) is 7.29. The smallest absolute Gasteiger partial charge is 0.335 e. The molecule has 2 N–H and O–H groups in total. The number of pyridine rings is 1. The van der Waals surface area contributed by atoms with Crippen LogP contribution in [0.4, 0.5) is 5.82 Å².